The van der Waals surface area contributed by atoms with Crippen LogP contribution in [0.3, 0.4) is 0 Å². The van der Waals surface area contributed by atoms with E-state index in [1.54, 1.807) is 6.07 Å². The van der Waals surface area contributed by atoms with Crippen LogP contribution in [0.4, 0.5) is 14.5 Å². The van der Waals surface area contributed by atoms with E-state index in [2.05, 4.69) is 15.3 Å². The van der Waals surface area contributed by atoms with E-state index in [4.69, 9.17) is 10.5 Å². The fourth-order valence-corrected chi connectivity index (χ4v) is 4.31. The highest BCUT2D eigenvalue weighted by Gasteiger charge is 2.49. The molecule has 2 unspecified atom stereocenters. The molecule has 1 fully saturated rings. The van der Waals surface area contributed by atoms with Gasteiger partial charge in [0, 0.05) is 22.9 Å². The van der Waals surface area contributed by atoms with Gasteiger partial charge < -0.3 is 15.8 Å². The zero-order valence-corrected chi connectivity index (χ0v) is 16.2. The number of ether oxygens (including phenoxy) is 1. The number of rotatable bonds is 3. The van der Waals surface area contributed by atoms with Crippen molar-refractivity contribution in [1.29, 1.82) is 0 Å². The van der Waals surface area contributed by atoms with Crippen molar-refractivity contribution >= 4 is 40.9 Å². The summed E-state index contributed by atoms with van der Waals surface area (Å²) in [5.41, 5.74) is 5.77. The zero-order valence-electron chi connectivity index (χ0n) is 14.5. The maximum Gasteiger partial charge on any atom is 0.274 e. The quantitative estimate of drug-likeness (QED) is 0.787. The summed E-state index contributed by atoms with van der Waals surface area (Å²) in [6.45, 7) is 0.700. The smallest absolute Gasteiger partial charge is 0.274 e. The molecule has 1 amide bonds. The largest absolute Gasteiger partial charge is 0.379 e. The SMILES string of the molecule is Cl.NC1=NC2(c3cc(NC(=O)c4ccc(F)cn4)ccc3F)COCC2CS1. The van der Waals surface area contributed by atoms with Crippen LogP contribution in [-0.4, -0.2) is 35.0 Å². The third-order valence-corrected chi connectivity index (χ3v) is 5.67. The van der Waals surface area contributed by atoms with Gasteiger partial charge in [-0.15, -0.1) is 12.4 Å². The van der Waals surface area contributed by atoms with Crippen LogP contribution >= 0.6 is 24.2 Å². The minimum absolute atomic E-state index is 0. The number of nitrogens with one attached hydrogen (secondary N) is 1. The van der Waals surface area contributed by atoms with E-state index in [-0.39, 0.29) is 30.6 Å². The van der Waals surface area contributed by atoms with Crippen molar-refractivity contribution in [2.45, 2.75) is 5.54 Å². The molecule has 148 valence electrons. The van der Waals surface area contributed by atoms with Crippen LogP contribution in [-0.2, 0) is 10.3 Å². The Kier molecular flexibility index (Phi) is 5.87. The van der Waals surface area contributed by atoms with Gasteiger partial charge in [0.05, 0.1) is 19.4 Å². The summed E-state index contributed by atoms with van der Waals surface area (Å²) >= 11 is 1.42. The molecular formula is C18H17ClF2N4O2S. The summed E-state index contributed by atoms with van der Waals surface area (Å²) in [6.07, 6.45) is 0.960. The maximum atomic E-state index is 14.7. The van der Waals surface area contributed by atoms with Gasteiger partial charge in [-0.25, -0.2) is 18.8 Å². The number of carbonyl (C=O) groups excluding carboxylic acids is 1. The Morgan fingerprint density at radius 1 is 1.32 bits per heavy atom. The van der Waals surface area contributed by atoms with Gasteiger partial charge in [0.1, 0.15) is 22.9 Å². The molecule has 28 heavy (non-hydrogen) atoms. The Labute approximate surface area is 170 Å². The van der Waals surface area contributed by atoms with E-state index >= 15 is 0 Å². The van der Waals surface area contributed by atoms with Gasteiger partial charge >= 0.3 is 0 Å². The number of nitrogens with two attached hydrogens (primary N) is 1. The number of amides is 1. The van der Waals surface area contributed by atoms with Gasteiger partial charge in [-0.2, -0.15) is 0 Å². The fraction of sp³-hybridized carbons (Fsp3) is 0.278. The number of aromatic nitrogens is 1. The van der Waals surface area contributed by atoms with E-state index < -0.39 is 23.1 Å². The molecule has 1 saturated heterocycles. The first-order valence-corrected chi connectivity index (χ1v) is 9.25. The molecule has 2 aliphatic rings. The molecular weight excluding hydrogens is 410 g/mol. The molecule has 2 atom stereocenters. The van der Waals surface area contributed by atoms with Crippen molar-refractivity contribution < 1.29 is 18.3 Å². The van der Waals surface area contributed by atoms with Crippen molar-refractivity contribution in [1.82, 2.24) is 4.98 Å². The van der Waals surface area contributed by atoms with Gasteiger partial charge in [0.15, 0.2) is 5.17 Å². The first kappa shape index (κ1) is 20.5. The van der Waals surface area contributed by atoms with Crippen LogP contribution in [0.5, 0.6) is 0 Å². The second kappa shape index (κ2) is 8.02. The summed E-state index contributed by atoms with van der Waals surface area (Å²) in [5.74, 6) is -0.815. The highest BCUT2D eigenvalue weighted by atomic mass is 35.5. The van der Waals surface area contributed by atoms with Crippen LogP contribution in [0, 0.1) is 17.6 Å². The number of nitrogens with zero attached hydrogens (tertiary/aromatic N) is 2. The topological polar surface area (TPSA) is 89.6 Å². The van der Waals surface area contributed by atoms with Crippen LogP contribution < -0.4 is 11.1 Å². The predicted octanol–water partition coefficient (Wildman–Crippen LogP) is 2.94. The number of fused-ring (bicyclic) bond motifs is 1. The lowest BCUT2D eigenvalue weighted by Crippen LogP contribution is -2.40. The molecule has 4 rings (SSSR count). The number of hydrogen-bond donors (Lipinski definition) is 2. The van der Waals surface area contributed by atoms with Crippen LogP contribution in [0.25, 0.3) is 0 Å². The number of pyridine rings is 1. The molecule has 2 aliphatic heterocycles. The van der Waals surface area contributed by atoms with E-state index in [9.17, 15) is 13.6 Å². The van der Waals surface area contributed by atoms with Crippen molar-refractivity contribution in [3.8, 4) is 0 Å². The molecule has 6 nitrogen and oxygen atoms in total. The third-order valence-electron chi connectivity index (χ3n) is 4.71. The average Bonchev–Trinajstić information content (AvgIpc) is 3.07. The molecule has 2 aromatic rings. The average molecular weight is 427 g/mol. The molecule has 3 heterocycles. The molecule has 1 aromatic carbocycles. The van der Waals surface area contributed by atoms with Crippen molar-refractivity contribution in [3.63, 3.8) is 0 Å². The van der Waals surface area contributed by atoms with E-state index in [1.807, 2.05) is 0 Å². The second-order valence-corrected chi connectivity index (χ2v) is 7.45. The molecule has 0 bridgehead atoms. The first-order valence-electron chi connectivity index (χ1n) is 8.27. The monoisotopic (exact) mass is 426 g/mol. The third kappa shape index (κ3) is 3.69. The Balaban J connectivity index is 0.00000225. The highest BCUT2D eigenvalue weighted by Crippen LogP contribution is 2.45. The molecule has 1 aromatic heterocycles. The number of aliphatic imine (C=N–C) groups is 1. The Morgan fingerprint density at radius 3 is 2.89 bits per heavy atom. The van der Waals surface area contributed by atoms with Gasteiger partial charge in [-0.1, -0.05) is 11.8 Å². The molecule has 0 spiro atoms. The number of halogens is 3. The van der Waals surface area contributed by atoms with Gasteiger partial charge in [0.25, 0.3) is 5.91 Å². The van der Waals surface area contributed by atoms with E-state index in [0.29, 0.717) is 28.8 Å². The van der Waals surface area contributed by atoms with E-state index in [1.165, 1.54) is 30.0 Å². The van der Waals surface area contributed by atoms with Gasteiger partial charge in [-0.05, 0) is 30.3 Å². The summed E-state index contributed by atoms with van der Waals surface area (Å²) in [7, 11) is 0. The lowest BCUT2D eigenvalue weighted by Gasteiger charge is -2.34. The lowest BCUT2D eigenvalue weighted by atomic mass is 9.81. The summed E-state index contributed by atoms with van der Waals surface area (Å²) in [6, 6.07) is 6.70. The number of anilines is 1. The highest BCUT2D eigenvalue weighted by molar-refractivity contribution is 8.13. The first-order chi connectivity index (χ1) is 13.0. The number of carbonyl (C=O) groups is 1. The Hall–Kier alpha value is -2.23. The predicted molar refractivity (Wildman–Crippen MR) is 106 cm³/mol. The summed E-state index contributed by atoms with van der Waals surface area (Å²) in [4.78, 5) is 20.6. The standard InChI is InChI=1S/C18H16F2N4O2S.ClH/c19-11-1-4-15(22-6-11)16(25)23-12-2-3-14(20)13(5-12)18-9-26-7-10(18)8-27-17(21)24-18;/h1-6,10H,7-9H2,(H2,21,24)(H,23,25);1H. The van der Waals surface area contributed by atoms with Gasteiger partial charge in [-0.3, -0.25) is 4.79 Å². The second-order valence-electron chi connectivity index (χ2n) is 6.41. The zero-order chi connectivity index (χ0) is 19.0. The summed E-state index contributed by atoms with van der Waals surface area (Å²) in [5, 5.41) is 3.05. The van der Waals surface area contributed by atoms with Crippen LogP contribution in [0.1, 0.15) is 16.1 Å². The van der Waals surface area contributed by atoms with Crippen molar-refractivity contribution in [2.75, 3.05) is 24.3 Å². The van der Waals surface area contributed by atoms with Gasteiger partial charge in [0.2, 0.25) is 0 Å². The van der Waals surface area contributed by atoms with Crippen molar-refractivity contribution in [3.05, 3.63) is 59.4 Å². The number of hydrogen-bond acceptors (Lipinski definition) is 6. The number of thioether (sulfide) groups is 1. The van der Waals surface area contributed by atoms with Crippen LogP contribution in [0.15, 0.2) is 41.5 Å². The van der Waals surface area contributed by atoms with Crippen molar-refractivity contribution in [2.24, 2.45) is 16.6 Å². The number of benzene rings is 1. The Bertz CT molecular complexity index is 928. The summed E-state index contributed by atoms with van der Waals surface area (Å²) < 4.78 is 33.2. The minimum atomic E-state index is -0.895. The molecule has 0 radical (unpaired) electrons. The van der Waals surface area contributed by atoms with E-state index in [0.717, 1.165) is 12.3 Å². The molecule has 3 N–H and O–H groups in total. The number of amidine groups is 1. The Morgan fingerprint density at radius 2 is 2.14 bits per heavy atom. The molecule has 0 aliphatic carbocycles. The normalized spacial score (nSPS) is 23.4. The lowest BCUT2D eigenvalue weighted by molar-refractivity contribution is 0.102. The molecule has 10 heteroatoms. The minimum Gasteiger partial charge on any atom is -0.379 e. The maximum absolute atomic E-state index is 14.7. The fourth-order valence-electron chi connectivity index (χ4n) is 3.33. The van der Waals surface area contributed by atoms with Crippen LogP contribution in [0.2, 0.25) is 0 Å². The molecule has 0 saturated carbocycles.